The van der Waals surface area contributed by atoms with Crippen molar-refractivity contribution < 1.29 is 18.4 Å². The van der Waals surface area contributed by atoms with Crippen LogP contribution in [-0.2, 0) is 4.79 Å². The highest BCUT2D eigenvalue weighted by atomic mass is 32.2. The number of carbonyl (C=O) groups is 2. The molecule has 5 rings (SSSR count). The van der Waals surface area contributed by atoms with Gasteiger partial charge in [0.25, 0.3) is 11.8 Å². The van der Waals surface area contributed by atoms with Crippen LogP contribution in [0.15, 0.2) is 76.5 Å². The van der Waals surface area contributed by atoms with Gasteiger partial charge in [-0.15, -0.1) is 0 Å². The van der Waals surface area contributed by atoms with Gasteiger partial charge in [-0.3, -0.25) is 14.5 Å². The maximum Gasteiger partial charge on any atom is 0.264 e. The van der Waals surface area contributed by atoms with Crippen molar-refractivity contribution in [1.29, 1.82) is 0 Å². The zero-order valence-corrected chi connectivity index (χ0v) is 22.5. The van der Waals surface area contributed by atoms with Crippen LogP contribution in [0.5, 0.6) is 0 Å². The van der Waals surface area contributed by atoms with E-state index in [0.29, 0.717) is 34.0 Å². The van der Waals surface area contributed by atoms with Gasteiger partial charge in [0.15, 0.2) is 0 Å². The smallest absolute Gasteiger partial charge is 0.264 e. The van der Waals surface area contributed by atoms with Crippen LogP contribution in [0, 0.1) is 11.6 Å². The first-order chi connectivity index (χ1) is 18.9. The van der Waals surface area contributed by atoms with E-state index in [9.17, 15) is 18.4 Å². The average Bonchev–Trinajstić information content (AvgIpc) is 2.95. The molecule has 1 N–H and O–H groups in total. The largest absolute Gasteiger partial charge is 0.367 e. The Morgan fingerprint density at radius 2 is 1.67 bits per heavy atom. The second kappa shape index (κ2) is 12.0. The minimum Gasteiger partial charge on any atom is -0.367 e. The van der Waals surface area contributed by atoms with Gasteiger partial charge >= 0.3 is 0 Å². The maximum atomic E-state index is 14.1. The molecule has 0 aromatic heterocycles. The standard InChI is InChI=1S/C30H30F2N4O2S/c1-34-26-19-22(11-12-27(26)39-28(30(34)38)20-21-7-2-3-8-23(21)31)29(37)33-13-6-14-35-15-17-36(18-16-35)25-10-5-4-9-24(25)32/h2-5,7-12,19-20H,6,13-18H2,1H3,(H,33,37)/b28-20-. The summed E-state index contributed by atoms with van der Waals surface area (Å²) in [5.41, 5.74) is 2.14. The van der Waals surface area contributed by atoms with Gasteiger partial charge in [-0.05, 0) is 55.4 Å². The molecule has 0 unspecified atom stereocenters. The molecule has 0 radical (unpaired) electrons. The Balaban J connectivity index is 1.12. The fraction of sp³-hybridized carbons (Fsp3) is 0.267. The molecule has 0 spiro atoms. The van der Waals surface area contributed by atoms with Gasteiger partial charge in [0, 0.05) is 55.8 Å². The fourth-order valence-corrected chi connectivity index (χ4v) is 5.88. The van der Waals surface area contributed by atoms with Crippen LogP contribution in [-0.4, -0.2) is 63.0 Å². The van der Waals surface area contributed by atoms with Gasteiger partial charge in [-0.1, -0.05) is 42.1 Å². The highest BCUT2D eigenvalue weighted by Gasteiger charge is 2.27. The molecule has 6 nitrogen and oxygen atoms in total. The first-order valence-electron chi connectivity index (χ1n) is 13.0. The number of anilines is 2. The Kier molecular flexibility index (Phi) is 8.28. The number of piperazine rings is 1. The van der Waals surface area contributed by atoms with Gasteiger partial charge in [-0.2, -0.15) is 0 Å². The summed E-state index contributed by atoms with van der Waals surface area (Å²) in [6, 6.07) is 18.5. The van der Waals surface area contributed by atoms with E-state index >= 15 is 0 Å². The summed E-state index contributed by atoms with van der Waals surface area (Å²) in [5, 5.41) is 2.97. The maximum absolute atomic E-state index is 14.1. The summed E-state index contributed by atoms with van der Waals surface area (Å²) < 4.78 is 28.1. The average molecular weight is 549 g/mol. The van der Waals surface area contributed by atoms with Crippen molar-refractivity contribution in [3.63, 3.8) is 0 Å². The van der Waals surface area contributed by atoms with Gasteiger partial charge in [-0.25, -0.2) is 8.78 Å². The Hall–Kier alpha value is -3.69. The minimum atomic E-state index is -0.385. The molecule has 0 bridgehead atoms. The molecule has 2 heterocycles. The lowest BCUT2D eigenvalue weighted by atomic mass is 10.1. The number of para-hydroxylation sites is 1. The monoisotopic (exact) mass is 548 g/mol. The molecule has 39 heavy (non-hydrogen) atoms. The number of hydrogen-bond donors (Lipinski definition) is 1. The number of rotatable bonds is 7. The number of carbonyl (C=O) groups excluding carboxylic acids is 2. The third kappa shape index (κ3) is 6.15. The molecule has 3 aromatic rings. The van der Waals surface area contributed by atoms with E-state index in [2.05, 4.69) is 15.1 Å². The first kappa shape index (κ1) is 26.9. The molecule has 0 aliphatic carbocycles. The topological polar surface area (TPSA) is 55.9 Å². The molecule has 0 saturated carbocycles. The van der Waals surface area contributed by atoms with Crippen molar-refractivity contribution in [1.82, 2.24) is 10.2 Å². The highest BCUT2D eigenvalue weighted by molar-refractivity contribution is 8.04. The lowest BCUT2D eigenvalue weighted by Gasteiger charge is -2.36. The molecule has 2 aliphatic heterocycles. The lowest BCUT2D eigenvalue weighted by molar-refractivity contribution is -0.114. The molecule has 202 valence electrons. The number of likely N-dealkylation sites (N-methyl/N-ethyl adjacent to an activating group) is 1. The summed E-state index contributed by atoms with van der Waals surface area (Å²) >= 11 is 1.27. The second-order valence-electron chi connectivity index (χ2n) is 9.57. The van der Waals surface area contributed by atoms with E-state index in [1.807, 2.05) is 18.2 Å². The highest BCUT2D eigenvalue weighted by Crippen LogP contribution is 2.42. The number of hydrogen-bond acceptors (Lipinski definition) is 5. The van der Waals surface area contributed by atoms with Crippen molar-refractivity contribution in [2.75, 3.05) is 56.1 Å². The van der Waals surface area contributed by atoms with Gasteiger partial charge < -0.3 is 15.1 Å². The number of amides is 2. The summed E-state index contributed by atoms with van der Waals surface area (Å²) in [5.74, 6) is -1.02. The van der Waals surface area contributed by atoms with Gasteiger partial charge in [0.1, 0.15) is 11.6 Å². The molecule has 0 atom stereocenters. The lowest BCUT2D eigenvalue weighted by Crippen LogP contribution is -2.47. The number of nitrogens with one attached hydrogen (secondary N) is 1. The van der Waals surface area contributed by atoms with Crippen LogP contribution in [0.3, 0.4) is 0 Å². The molecule has 1 saturated heterocycles. The Bertz CT molecular complexity index is 1410. The predicted octanol–water partition coefficient (Wildman–Crippen LogP) is 5.02. The van der Waals surface area contributed by atoms with Crippen LogP contribution >= 0.6 is 11.8 Å². The van der Waals surface area contributed by atoms with Crippen LogP contribution in [0.4, 0.5) is 20.2 Å². The molecule has 3 aromatic carbocycles. The first-order valence-corrected chi connectivity index (χ1v) is 13.8. The zero-order valence-electron chi connectivity index (χ0n) is 21.7. The molecule has 1 fully saturated rings. The molecule has 9 heteroatoms. The Morgan fingerprint density at radius 3 is 2.41 bits per heavy atom. The van der Waals surface area contributed by atoms with Crippen molar-refractivity contribution >= 4 is 41.0 Å². The van der Waals surface area contributed by atoms with E-state index in [1.54, 1.807) is 49.5 Å². The fourth-order valence-electron chi connectivity index (χ4n) is 4.80. The summed E-state index contributed by atoms with van der Waals surface area (Å²) in [7, 11) is 1.66. The molecule has 2 amide bonds. The minimum absolute atomic E-state index is 0.190. The van der Waals surface area contributed by atoms with E-state index < -0.39 is 0 Å². The van der Waals surface area contributed by atoms with E-state index in [1.165, 1.54) is 28.8 Å². The van der Waals surface area contributed by atoms with Crippen molar-refractivity contribution in [2.45, 2.75) is 11.3 Å². The van der Waals surface area contributed by atoms with Crippen molar-refractivity contribution in [3.8, 4) is 0 Å². The molecular weight excluding hydrogens is 518 g/mol. The van der Waals surface area contributed by atoms with E-state index in [0.717, 1.165) is 44.0 Å². The summed E-state index contributed by atoms with van der Waals surface area (Å²) in [4.78, 5) is 32.9. The SMILES string of the molecule is CN1C(=O)/C(=C/c2ccccc2F)Sc2ccc(C(=O)NCCCN3CCN(c4ccccc4F)CC3)cc21. The van der Waals surface area contributed by atoms with E-state index in [-0.39, 0.29) is 23.4 Å². The second-order valence-corrected chi connectivity index (χ2v) is 10.7. The molecular formula is C30H30F2N4O2S. The number of benzene rings is 3. The van der Waals surface area contributed by atoms with Crippen molar-refractivity contribution in [3.05, 3.63) is 94.4 Å². The summed E-state index contributed by atoms with van der Waals surface area (Å²) in [6.07, 6.45) is 2.36. The third-order valence-corrected chi connectivity index (χ3v) is 8.09. The Morgan fingerprint density at radius 1 is 0.949 bits per heavy atom. The predicted molar refractivity (Wildman–Crippen MR) is 152 cm³/mol. The zero-order chi connectivity index (χ0) is 27.4. The van der Waals surface area contributed by atoms with E-state index in [4.69, 9.17) is 0 Å². The normalized spacial score (nSPS) is 16.9. The van der Waals surface area contributed by atoms with Gasteiger partial charge in [0.05, 0.1) is 16.3 Å². The number of fused-ring (bicyclic) bond motifs is 1. The van der Waals surface area contributed by atoms with Crippen LogP contribution in [0.2, 0.25) is 0 Å². The van der Waals surface area contributed by atoms with Gasteiger partial charge in [0.2, 0.25) is 0 Å². The number of thioether (sulfide) groups is 1. The van der Waals surface area contributed by atoms with Crippen molar-refractivity contribution in [2.24, 2.45) is 0 Å². The number of nitrogens with zero attached hydrogens (tertiary/aromatic N) is 3. The Labute approximate surface area is 231 Å². The van der Waals surface area contributed by atoms with Crippen LogP contribution < -0.4 is 15.1 Å². The number of halogens is 2. The van der Waals surface area contributed by atoms with Crippen LogP contribution in [0.25, 0.3) is 6.08 Å². The third-order valence-electron chi connectivity index (χ3n) is 7.01. The quantitative estimate of drug-likeness (QED) is 0.332. The van der Waals surface area contributed by atoms with Crippen LogP contribution in [0.1, 0.15) is 22.3 Å². The summed E-state index contributed by atoms with van der Waals surface area (Å²) in [6.45, 7) is 4.60. The molecule has 2 aliphatic rings.